The number of ether oxygens (including phenoxy) is 2. The zero-order valence-electron chi connectivity index (χ0n) is 9.69. The molecule has 1 aromatic carbocycles. The second kappa shape index (κ2) is 7.14. The van der Waals surface area contributed by atoms with Gasteiger partial charge in [-0.15, -0.1) is 11.7 Å². The molecule has 0 heterocycles. The minimum absolute atomic E-state index is 0.532. The Morgan fingerprint density at radius 2 is 2.12 bits per heavy atom. The Morgan fingerprint density at radius 1 is 1.38 bits per heavy atom. The maximum Gasteiger partial charge on any atom is 0.160 e. The first-order chi connectivity index (χ1) is 7.76. The first-order valence-corrected chi connectivity index (χ1v) is 8.05. The highest BCUT2D eigenvalue weighted by atomic mass is 33.1. The summed E-state index contributed by atoms with van der Waals surface area (Å²) < 4.78 is 10.7. The molecule has 2 nitrogen and oxygen atoms in total. The quantitative estimate of drug-likeness (QED) is 0.487. The van der Waals surface area contributed by atoms with Gasteiger partial charge in [-0.3, -0.25) is 0 Å². The van der Waals surface area contributed by atoms with Crippen LogP contribution in [-0.4, -0.2) is 28.6 Å². The van der Waals surface area contributed by atoms with Gasteiger partial charge >= 0.3 is 0 Å². The van der Waals surface area contributed by atoms with Gasteiger partial charge in [-0.05, 0) is 17.7 Å². The van der Waals surface area contributed by atoms with E-state index >= 15 is 0 Å². The van der Waals surface area contributed by atoms with Gasteiger partial charge in [0.2, 0.25) is 0 Å². The molecular weight excluding hydrogens is 256 g/mol. The number of benzene rings is 1. The van der Waals surface area contributed by atoms with Crippen LogP contribution in [0, 0.1) is 0 Å². The lowest BCUT2D eigenvalue weighted by atomic mass is 10.3. The standard InChI is InChI=1S/C11H16O2S2Si/c1-4-10(15-14)16-9-7-5-6-8(12-2)11(9)13-3/h5-7,10,14H,4H2,1-3H3. The average Bonchev–Trinajstić information content (AvgIpc) is 2.35. The van der Waals surface area contributed by atoms with E-state index < -0.39 is 0 Å². The van der Waals surface area contributed by atoms with E-state index in [9.17, 15) is 0 Å². The molecule has 1 unspecified atom stereocenters. The molecule has 0 aliphatic rings. The van der Waals surface area contributed by atoms with Crippen molar-refractivity contribution < 1.29 is 9.47 Å². The van der Waals surface area contributed by atoms with Crippen LogP contribution >= 0.6 is 22.5 Å². The summed E-state index contributed by atoms with van der Waals surface area (Å²) in [7, 11) is 5.63. The Balaban J connectivity index is 2.94. The van der Waals surface area contributed by atoms with Crippen LogP contribution in [0.3, 0.4) is 0 Å². The van der Waals surface area contributed by atoms with Gasteiger partial charge in [-0.25, -0.2) is 0 Å². The van der Waals surface area contributed by atoms with Crippen molar-refractivity contribution >= 4 is 37.2 Å². The Hall–Kier alpha value is -0.263. The molecule has 0 fully saturated rings. The topological polar surface area (TPSA) is 18.5 Å². The van der Waals surface area contributed by atoms with Crippen molar-refractivity contribution in [1.82, 2.24) is 0 Å². The number of hydrogen-bond acceptors (Lipinski definition) is 4. The fraction of sp³-hybridized carbons (Fsp3) is 0.455. The largest absolute Gasteiger partial charge is 0.493 e. The molecule has 1 atom stereocenters. The third-order valence-corrected chi connectivity index (χ3v) is 6.31. The molecule has 0 amide bonds. The van der Waals surface area contributed by atoms with Gasteiger partial charge in [0.15, 0.2) is 11.5 Å². The minimum Gasteiger partial charge on any atom is -0.493 e. The van der Waals surface area contributed by atoms with Gasteiger partial charge in [-0.2, -0.15) is 0 Å². The normalized spacial score (nSPS) is 12.2. The first-order valence-electron chi connectivity index (χ1n) is 5.04. The average molecular weight is 272 g/mol. The van der Waals surface area contributed by atoms with Crippen LogP contribution < -0.4 is 14.7 Å². The van der Waals surface area contributed by atoms with E-state index in [1.807, 2.05) is 12.1 Å². The van der Waals surface area contributed by atoms with Crippen LogP contribution in [0.25, 0.3) is 0 Å². The van der Waals surface area contributed by atoms with Crippen molar-refractivity contribution in [2.45, 2.75) is 18.2 Å². The summed E-state index contributed by atoms with van der Waals surface area (Å²) in [5, 5.41) is 1.20. The minimum atomic E-state index is 0.532. The maximum absolute atomic E-state index is 5.40. The molecule has 1 rings (SSSR count). The molecule has 0 spiro atoms. The Bertz CT molecular complexity index is 330. The van der Waals surface area contributed by atoms with E-state index in [2.05, 4.69) is 24.7 Å². The van der Waals surface area contributed by atoms with E-state index in [0.29, 0.717) is 14.4 Å². The van der Waals surface area contributed by atoms with Crippen LogP contribution in [0.1, 0.15) is 13.3 Å². The highest BCUT2D eigenvalue weighted by Crippen LogP contribution is 2.25. The fourth-order valence-electron chi connectivity index (χ4n) is 1.38. The van der Waals surface area contributed by atoms with Crippen LogP contribution in [0.4, 0.5) is 0 Å². The molecule has 16 heavy (non-hydrogen) atoms. The summed E-state index contributed by atoms with van der Waals surface area (Å²) in [6.07, 6.45) is 1.10. The lowest BCUT2D eigenvalue weighted by Crippen LogP contribution is -2.26. The van der Waals surface area contributed by atoms with Crippen molar-refractivity contribution in [3.8, 4) is 11.5 Å². The summed E-state index contributed by atoms with van der Waals surface area (Å²) in [5.41, 5.74) is 0. The highest BCUT2D eigenvalue weighted by molar-refractivity contribution is 8.69. The maximum atomic E-state index is 5.40. The van der Waals surface area contributed by atoms with Gasteiger partial charge in [0.1, 0.15) is 9.52 Å². The molecule has 0 aromatic heterocycles. The third kappa shape index (κ3) is 3.36. The summed E-state index contributed by atoms with van der Waals surface area (Å²) in [6.45, 7) is 2.17. The first kappa shape index (κ1) is 13.8. The molecule has 0 aliphatic heterocycles. The number of hydrogen-bond donors (Lipinski definition) is 1. The van der Waals surface area contributed by atoms with Crippen molar-refractivity contribution in [3.63, 3.8) is 0 Å². The van der Waals surface area contributed by atoms with Gasteiger partial charge in [0.25, 0.3) is 0 Å². The molecule has 0 N–H and O–H groups in total. The van der Waals surface area contributed by atoms with Crippen molar-refractivity contribution in [1.29, 1.82) is 0 Å². The molecular formula is C11H16O2S2Si. The number of methoxy groups -OCH3 is 2. The third-order valence-electron chi connectivity index (χ3n) is 2.22. The van der Waals surface area contributed by atoms with Crippen LogP contribution in [0.15, 0.2) is 18.2 Å². The lowest BCUT2D eigenvalue weighted by Gasteiger charge is -2.15. The van der Waals surface area contributed by atoms with Gasteiger partial charge in [-0.1, -0.05) is 29.9 Å². The van der Waals surface area contributed by atoms with E-state index in [-0.39, 0.29) is 0 Å². The van der Waals surface area contributed by atoms with E-state index in [1.165, 1.54) is 5.19 Å². The number of para-hydroxylation sites is 1. The smallest absolute Gasteiger partial charge is 0.160 e. The monoisotopic (exact) mass is 272 g/mol. The SMILES string of the molecule is CCC([Si]c1cccc(OC)c1OC)SS. The zero-order chi connectivity index (χ0) is 12.0. The lowest BCUT2D eigenvalue weighted by molar-refractivity contribution is 0.357. The predicted octanol–water partition coefficient (Wildman–Crippen LogP) is 2.35. The molecule has 0 saturated heterocycles. The second-order valence-corrected chi connectivity index (χ2v) is 6.54. The summed E-state index contributed by atoms with van der Waals surface area (Å²) in [5.74, 6) is 1.65. The van der Waals surface area contributed by atoms with Gasteiger partial charge in [0, 0.05) is 4.87 Å². The Labute approximate surface area is 109 Å². The number of thiol groups is 1. The fourth-order valence-corrected chi connectivity index (χ4v) is 4.14. The number of rotatable bonds is 6. The molecule has 0 saturated carbocycles. The molecule has 0 aliphatic carbocycles. The van der Waals surface area contributed by atoms with Crippen LogP contribution in [0.2, 0.25) is 0 Å². The van der Waals surface area contributed by atoms with E-state index in [0.717, 1.165) is 17.9 Å². The van der Waals surface area contributed by atoms with E-state index in [1.54, 1.807) is 25.0 Å². The molecule has 2 radical (unpaired) electrons. The highest BCUT2D eigenvalue weighted by Gasteiger charge is 2.14. The molecule has 5 heteroatoms. The second-order valence-electron chi connectivity index (χ2n) is 3.19. The van der Waals surface area contributed by atoms with Crippen LogP contribution in [0.5, 0.6) is 11.5 Å². The van der Waals surface area contributed by atoms with Crippen LogP contribution in [-0.2, 0) is 0 Å². The van der Waals surface area contributed by atoms with Crippen molar-refractivity contribution in [3.05, 3.63) is 18.2 Å². The van der Waals surface area contributed by atoms with E-state index in [4.69, 9.17) is 9.47 Å². The predicted molar refractivity (Wildman–Crippen MR) is 75.6 cm³/mol. The molecule has 1 aromatic rings. The molecule has 88 valence electrons. The van der Waals surface area contributed by atoms with Crippen molar-refractivity contribution in [2.24, 2.45) is 0 Å². The zero-order valence-corrected chi connectivity index (χ0v) is 12.4. The Morgan fingerprint density at radius 3 is 2.62 bits per heavy atom. The summed E-state index contributed by atoms with van der Waals surface area (Å²) in [4.78, 5) is 0.532. The van der Waals surface area contributed by atoms with Crippen molar-refractivity contribution in [2.75, 3.05) is 14.2 Å². The molecule has 0 bridgehead atoms. The summed E-state index contributed by atoms with van der Waals surface area (Å²) >= 11 is 4.29. The van der Waals surface area contributed by atoms with Gasteiger partial charge in [0.05, 0.1) is 14.2 Å². The summed E-state index contributed by atoms with van der Waals surface area (Å²) in [6, 6.07) is 6.01. The van der Waals surface area contributed by atoms with Gasteiger partial charge < -0.3 is 9.47 Å². The Kier molecular flexibility index (Phi) is 6.16.